The molecule has 9 heteroatoms. The van der Waals surface area contributed by atoms with Crippen molar-refractivity contribution in [1.82, 2.24) is 19.7 Å². The van der Waals surface area contributed by atoms with E-state index in [1.807, 2.05) is 35.9 Å². The monoisotopic (exact) mass is 411 g/mol. The molecule has 4 aromatic heterocycles. The zero-order valence-electron chi connectivity index (χ0n) is 15.2. The van der Waals surface area contributed by atoms with Gasteiger partial charge in [0.25, 0.3) is 11.5 Å². The van der Waals surface area contributed by atoms with Crippen LogP contribution in [0.2, 0.25) is 0 Å². The van der Waals surface area contributed by atoms with Crippen molar-refractivity contribution < 1.29 is 4.79 Å². The van der Waals surface area contributed by atoms with Gasteiger partial charge in [0.15, 0.2) is 0 Å². The summed E-state index contributed by atoms with van der Waals surface area (Å²) in [5.41, 5.74) is 1.77. The zero-order chi connectivity index (χ0) is 19.7. The fourth-order valence-corrected chi connectivity index (χ4v) is 4.17. The molecule has 4 rings (SSSR count). The number of nitrogens with one attached hydrogen (secondary N) is 2. The Hall–Kier alpha value is -3.04. The van der Waals surface area contributed by atoms with Crippen LogP contribution in [0.5, 0.6) is 0 Å². The van der Waals surface area contributed by atoms with Crippen molar-refractivity contribution in [2.24, 2.45) is 0 Å². The van der Waals surface area contributed by atoms with Gasteiger partial charge in [-0.1, -0.05) is 19.1 Å². The molecule has 7 nitrogen and oxygen atoms in total. The summed E-state index contributed by atoms with van der Waals surface area (Å²) in [4.78, 5) is 33.8. The summed E-state index contributed by atoms with van der Waals surface area (Å²) >= 11 is 2.90. The number of aromatic nitrogens is 4. The van der Waals surface area contributed by atoms with Crippen molar-refractivity contribution in [3.63, 3.8) is 0 Å². The molecule has 0 saturated carbocycles. The predicted octanol–water partition coefficient (Wildman–Crippen LogP) is 3.87. The Morgan fingerprint density at radius 3 is 2.68 bits per heavy atom. The number of nitrogens with zero attached hydrogens (tertiary/aromatic N) is 3. The maximum Gasteiger partial charge on any atom is 0.266 e. The highest BCUT2D eigenvalue weighted by Gasteiger charge is 2.18. The van der Waals surface area contributed by atoms with Crippen LogP contribution < -0.4 is 10.9 Å². The third kappa shape index (κ3) is 3.41. The molecule has 0 radical (unpaired) electrons. The molecule has 0 aliphatic rings. The maximum absolute atomic E-state index is 12.6. The van der Waals surface area contributed by atoms with Crippen LogP contribution in [-0.4, -0.2) is 25.7 Å². The van der Waals surface area contributed by atoms with Gasteiger partial charge in [0.2, 0.25) is 5.95 Å². The standard InChI is InChI=1S/C19H17N5O2S2/c1-3-12-11(2)20-19(22-17(12)25)24-16(21-18(26)15-7-5-9-28-15)10-13(23-24)14-6-4-8-27-14/h4-10H,3H2,1-2H3,(H,21,26)(H,20,22,25). The van der Waals surface area contributed by atoms with Crippen molar-refractivity contribution in [2.45, 2.75) is 20.3 Å². The number of aryl methyl sites for hydroxylation is 1. The van der Waals surface area contributed by atoms with Gasteiger partial charge in [-0.3, -0.25) is 14.6 Å². The molecule has 4 heterocycles. The summed E-state index contributed by atoms with van der Waals surface area (Å²) in [6, 6.07) is 9.23. The van der Waals surface area contributed by atoms with E-state index in [1.54, 1.807) is 30.4 Å². The number of carbonyl (C=O) groups is 1. The molecule has 0 bridgehead atoms. The Morgan fingerprint density at radius 2 is 2.04 bits per heavy atom. The number of thiophene rings is 2. The Labute approximate surface area is 168 Å². The summed E-state index contributed by atoms with van der Waals surface area (Å²) in [5.74, 6) is 0.468. The van der Waals surface area contributed by atoms with Crippen LogP contribution in [0.1, 0.15) is 27.9 Å². The van der Waals surface area contributed by atoms with E-state index in [0.29, 0.717) is 34.1 Å². The fourth-order valence-electron chi connectivity index (χ4n) is 2.87. The number of H-pyrrole nitrogens is 1. The van der Waals surface area contributed by atoms with Gasteiger partial charge < -0.3 is 5.32 Å². The topological polar surface area (TPSA) is 92.7 Å². The molecule has 0 aromatic carbocycles. The Morgan fingerprint density at radius 1 is 1.25 bits per heavy atom. The second-order valence-corrected chi connectivity index (χ2v) is 7.94. The maximum atomic E-state index is 12.6. The zero-order valence-corrected chi connectivity index (χ0v) is 16.9. The minimum Gasteiger partial charge on any atom is -0.306 e. The molecule has 0 saturated heterocycles. The number of anilines is 1. The largest absolute Gasteiger partial charge is 0.306 e. The average Bonchev–Trinajstić information content (AvgIpc) is 3.42. The number of amides is 1. The van der Waals surface area contributed by atoms with Gasteiger partial charge in [0.05, 0.1) is 9.75 Å². The normalized spacial score (nSPS) is 10.9. The lowest BCUT2D eigenvalue weighted by Crippen LogP contribution is -2.21. The van der Waals surface area contributed by atoms with Crippen LogP contribution >= 0.6 is 22.7 Å². The van der Waals surface area contributed by atoms with Gasteiger partial charge >= 0.3 is 0 Å². The van der Waals surface area contributed by atoms with Crippen molar-refractivity contribution in [3.8, 4) is 16.5 Å². The second-order valence-electron chi connectivity index (χ2n) is 6.04. The van der Waals surface area contributed by atoms with E-state index in [2.05, 4.69) is 20.4 Å². The van der Waals surface area contributed by atoms with Gasteiger partial charge in [-0.05, 0) is 36.2 Å². The van der Waals surface area contributed by atoms with Crippen molar-refractivity contribution in [3.05, 3.63) is 67.6 Å². The second kappa shape index (κ2) is 7.53. The van der Waals surface area contributed by atoms with E-state index in [9.17, 15) is 9.59 Å². The van der Waals surface area contributed by atoms with E-state index < -0.39 is 0 Å². The van der Waals surface area contributed by atoms with Gasteiger partial charge in [-0.15, -0.1) is 22.7 Å². The summed E-state index contributed by atoms with van der Waals surface area (Å²) in [5, 5.41) is 11.3. The number of rotatable bonds is 5. The molecule has 28 heavy (non-hydrogen) atoms. The highest BCUT2D eigenvalue weighted by molar-refractivity contribution is 7.13. The molecule has 142 valence electrons. The summed E-state index contributed by atoms with van der Waals surface area (Å²) in [6.45, 7) is 3.71. The van der Waals surface area contributed by atoms with Crippen LogP contribution in [0.15, 0.2) is 45.9 Å². The van der Waals surface area contributed by atoms with Crippen LogP contribution in [0.3, 0.4) is 0 Å². The molecule has 4 aromatic rings. The Balaban J connectivity index is 1.81. The predicted molar refractivity (Wildman–Crippen MR) is 112 cm³/mol. The number of hydrogen-bond donors (Lipinski definition) is 2. The van der Waals surface area contributed by atoms with Crippen LogP contribution in [-0.2, 0) is 6.42 Å². The SMILES string of the molecule is CCc1c(C)nc(-n2nc(-c3cccs3)cc2NC(=O)c2cccs2)[nH]c1=O. The molecule has 0 atom stereocenters. The van der Waals surface area contributed by atoms with Crippen LogP contribution in [0.25, 0.3) is 16.5 Å². The summed E-state index contributed by atoms with van der Waals surface area (Å²) in [6.07, 6.45) is 0.593. The molecule has 0 aliphatic heterocycles. The first-order chi connectivity index (χ1) is 13.6. The molecule has 1 amide bonds. The van der Waals surface area contributed by atoms with E-state index in [-0.39, 0.29) is 17.4 Å². The molecular formula is C19H17N5O2S2. The molecule has 0 spiro atoms. The third-order valence-corrected chi connectivity index (χ3v) is 5.99. The lowest BCUT2D eigenvalue weighted by Gasteiger charge is -2.09. The van der Waals surface area contributed by atoms with Crippen molar-refractivity contribution in [1.29, 1.82) is 0 Å². The van der Waals surface area contributed by atoms with E-state index >= 15 is 0 Å². The smallest absolute Gasteiger partial charge is 0.266 e. The third-order valence-electron chi connectivity index (χ3n) is 4.23. The van der Waals surface area contributed by atoms with E-state index in [1.165, 1.54) is 16.0 Å². The number of hydrogen-bond acceptors (Lipinski definition) is 6. The van der Waals surface area contributed by atoms with Crippen LogP contribution in [0, 0.1) is 6.92 Å². The van der Waals surface area contributed by atoms with Crippen molar-refractivity contribution in [2.75, 3.05) is 5.32 Å². The Kier molecular flexibility index (Phi) is 4.93. The minimum atomic E-state index is -0.238. The van der Waals surface area contributed by atoms with E-state index in [0.717, 1.165) is 4.88 Å². The number of carbonyl (C=O) groups excluding carboxylic acids is 1. The number of aromatic amines is 1. The molecular weight excluding hydrogens is 394 g/mol. The minimum absolute atomic E-state index is 0.200. The van der Waals surface area contributed by atoms with Gasteiger partial charge in [0, 0.05) is 17.3 Å². The Bertz CT molecular complexity index is 1170. The first-order valence-corrected chi connectivity index (χ1v) is 10.4. The first kappa shape index (κ1) is 18.3. The van der Waals surface area contributed by atoms with Crippen molar-refractivity contribution >= 4 is 34.4 Å². The first-order valence-electron chi connectivity index (χ1n) is 8.65. The van der Waals surface area contributed by atoms with Gasteiger partial charge in [0.1, 0.15) is 11.5 Å². The highest BCUT2D eigenvalue weighted by atomic mass is 32.1. The molecule has 2 N–H and O–H groups in total. The van der Waals surface area contributed by atoms with Gasteiger partial charge in [-0.2, -0.15) is 9.78 Å². The fraction of sp³-hybridized carbons (Fsp3) is 0.158. The summed E-state index contributed by atoms with van der Waals surface area (Å²) in [7, 11) is 0. The molecule has 0 fully saturated rings. The summed E-state index contributed by atoms with van der Waals surface area (Å²) < 4.78 is 1.47. The molecule has 0 unspecified atom stereocenters. The average molecular weight is 412 g/mol. The highest BCUT2D eigenvalue weighted by Crippen LogP contribution is 2.27. The quantitative estimate of drug-likeness (QED) is 0.521. The van der Waals surface area contributed by atoms with Gasteiger partial charge in [-0.25, -0.2) is 4.98 Å². The lowest BCUT2D eigenvalue weighted by molar-refractivity contribution is 0.103. The van der Waals surface area contributed by atoms with E-state index in [4.69, 9.17) is 0 Å². The van der Waals surface area contributed by atoms with Crippen LogP contribution in [0.4, 0.5) is 5.82 Å². The lowest BCUT2D eigenvalue weighted by atomic mass is 10.2. The molecule has 0 aliphatic carbocycles.